The highest BCUT2D eigenvalue weighted by molar-refractivity contribution is 5.94. The van der Waals surface area contributed by atoms with Crippen molar-refractivity contribution in [1.82, 2.24) is 15.1 Å². The molecule has 0 bridgehead atoms. The molecule has 160 valence electrons. The summed E-state index contributed by atoms with van der Waals surface area (Å²) in [5.74, 6) is -0.344. The zero-order valence-corrected chi connectivity index (χ0v) is 17.1. The van der Waals surface area contributed by atoms with Gasteiger partial charge >= 0.3 is 0 Å². The number of rotatable bonds is 7. The second kappa shape index (κ2) is 9.70. The molecule has 0 radical (unpaired) electrons. The van der Waals surface area contributed by atoms with Crippen LogP contribution < -0.4 is 15.6 Å². The Bertz CT molecular complexity index is 1270. The molecule has 0 saturated heterocycles. The van der Waals surface area contributed by atoms with Crippen molar-refractivity contribution >= 4 is 5.91 Å². The summed E-state index contributed by atoms with van der Waals surface area (Å²) < 4.78 is 20.1. The Morgan fingerprint density at radius 3 is 2.41 bits per heavy atom. The molecule has 0 unspecified atom stereocenters. The van der Waals surface area contributed by atoms with E-state index in [0.717, 1.165) is 5.56 Å². The highest BCUT2D eigenvalue weighted by Crippen LogP contribution is 2.12. The van der Waals surface area contributed by atoms with Gasteiger partial charge in [-0.3, -0.25) is 9.59 Å². The molecular weight excluding hydrogens is 409 g/mol. The van der Waals surface area contributed by atoms with E-state index < -0.39 is 0 Å². The van der Waals surface area contributed by atoms with Crippen LogP contribution in [0.4, 0.5) is 4.39 Å². The molecule has 7 heteroatoms. The number of nitrogens with one attached hydrogen (secondary N) is 1. The molecule has 0 spiro atoms. The Kier molecular flexibility index (Phi) is 6.36. The number of nitrogens with zero attached hydrogens (tertiary/aromatic N) is 2. The van der Waals surface area contributed by atoms with Crippen molar-refractivity contribution < 1.29 is 13.9 Å². The second-order valence-corrected chi connectivity index (χ2v) is 7.06. The molecule has 3 aromatic carbocycles. The molecule has 0 atom stereocenters. The van der Waals surface area contributed by atoms with Crippen molar-refractivity contribution in [3.8, 4) is 11.6 Å². The van der Waals surface area contributed by atoms with Crippen LogP contribution in [0, 0.1) is 5.82 Å². The summed E-state index contributed by atoms with van der Waals surface area (Å²) in [6, 6.07) is 25.0. The molecular formula is C25H20FN3O3. The van der Waals surface area contributed by atoms with Crippen molar-refractivity contribution in [2.45, 2.75) is 13.2 Å². The summed E-state index contributed by atoms with van der Waals surface area (Å²) in [6.07, 6.45) is 0. The lowest BCUT2D eigenvalue weighted by Gasteiger charge is -2.10. The van der Waals surface area contributed by atoms with E-state index in [9.17, 15) is 14.0 Å². The Hall–Kier alpha value is -4.26. The van der Waals surface area contributed by atoms with Gasteiger partial charge in [-0.05, 0) is 47.5 Å². The van der Waals surface area contributed by atoms with E-state index in [1.165, 1.54) is 28.9 Å². The first-order chi connectivity index (χ1) is 15.6. The summed E-state index contributed by atoms with van der Waals surface area (Å²) in [7, 11) is 0. The maximum Gasteiger partial charge on any atom is 0.271 e. The summed E-state index contributed by atoms with van der Waals surface area (Å²) in [5.41, 5.74) is 2.27. The van der Waals surface area contributed by atoms with E-state index in [0.29, 0.717) is 23.4 Å². The third-order valence-electron chi connectivity index (χ3n) is 4.72. The third-order valence-corrected chi connectivity index (χ3v) is 4.72. The van der Waals surface area contributed by atoms with E-state index in [4.69, 9.17) is 4.74 Å². The van der Waals surface area contributed by atoms with Gasteiger partial charge in [-0.15, -0.1) is 5.10 Å². The van der Waals surface area contributed by atoms with Crippen LogP contribution in [0.25, 0.3) is 5.69 Å². The maximum absolute atomic E-state index is 13.3. The van der Waals surface area contributed by atoms with Crippen LogP contribution in [0.3, 0.4) is 0 Å². The van der Waals surface area contributed by atoms with Crippen LogP contribution in [-0.4, -0.2) is 15.7 Å². The summed E-state index contributed by atoms with van der Waals surface area (Å²) in [4.78, 5) is 24.7. The number of ether oxygens (including phenoxy) is 1. The minimum absolute atomic E-state index is 0.115. The molecule has 4 aromatic rings. The second-order valence-electron chi connectivity index (χ2n) is 7.06. The highest BCUT2D eigenvalue weighted by atomic mass is 19.1. The molecule has 0 aliphatic heterocycles. The monoisotopic (exact) mass is 429 g/mol. The average molecular weight is 429 g/mol. The Labute approximate surface area is 183 Å². The Morgan fingerprint density at radius 1 is 0.906 bits per heavy atom. The predicted octanol–water partition coefficient (Wildman–Crippen LogP) is 3.88. The molecule has 1 heterocycles. The van der Waals surface area contributed by atoms with Crippen molar-refractivity contribution in [1.29, 1.82) is 0 Å². The van der Waals surface area contributed by atoms with Crippen LogP contribution in [0.2, 0.25) is 0 Å². The number of aromatic nitrogens is 2. The molecule has 4 rings (SSSR count). The summed E-state index contributed by atoms with van der Waals surface area (Å²) >= 11 is 0. The largest absolute Gasteiger partial charge is 0.472 e. The first-order valence-corrected chi connectivity index (χ1v) is 9.99. The van der Waals surface area contributed by atoms with Gasteiger partial charge in [0.25, 0.3) is 11.5 Å². The molecule has 0 aliphatic rings. The first kappa shape index (κ1) is 21.0. The SMILES string of the molecule is O=C(NCc1ccccc1)c1ccc(-n2nc(OCc3cccc(F)c3)ccc2=O)cc1. The van der Waals surface area contributed by atoms with Crippen LogP contribution in [0.15, 0.2) is 95.8 Å². The van der Waals surface area contributed by atoms with Crippen molar-refractivity contribution in [3.05, 3.63) is 124 Å². The van der Waals surface area contributed by atoms with Crippen molar-refractivity contribution in [3.63, 3.8) is 0 Å². The van der Waals surface area contributed by atoms with Gasteiger partial charge in [-0.2, -0.15) is 4.68 Å². The molecule has 0 saturated carbocycles. The molecule has 1 N–H and O–H groups in total. The van der Waals surface area contributed by atoms with Crippen LogP contribution >= 0.6 is 0 Å². The quantitative estimate of drug-likeness (QED) is 0.484. The maximum atomic E-state index is 13.3. The summed E-state index contributed by atoms with van der Waals surface area (Å²) in [6.45, 7) is 0.538. The molecule has 32 heavy (non-hydrogen) atoms. The molecule has 1 aromatic heterocycles. The van der Waals surface area contributed by atoms with E-state index in [-0.39, 0.29) is 29.8 Å². The zero-order valence-electron chi connectivity index (χ0n) is 17.1. The number of benzene rings is 3. The number of amides is 1. The van der Waals surface area contributed by atoms with Gasteiger partial charge in [-0.1, -0.05) is 42.5 Å². The zero-order chi connectivity index (χ0) is 22.3. The van der Waals surface area contributed by atoms with Gasteiger partial charge in [0.15, 0.2) is 0 Å². The van der Waals surface area contributed by atoms with Gasteiger partial charge in [0.2, 0.25) is 5.88 Å². The van der Waals surface area contributed by atoms with Gasteiger partial charge in [0.1, 0.15) is 12.4 Å². The highest BCUT2D eigenvalue weighted by Gasteiger charge is 2.09. The molecule has 0 aliphatic carbocycles. The fourth-order valence-corrected chi connectivity index (χ4v) is 3.07. The van der Waals surface area contributed by atoms with E-state index >= 15 is 0 Å². The molecule has 1 amide bonds. The van der Waals surface area contributed by atoms with Crippen LogP contribution in [0.1, 0.15) is 21.5 Å². The van der Waals surface area contributed by atoms with E-state index in [1.54, 1.807) is 36.4 Å². The van der Waals surface area contributed by atoms with Crippen molar-refractivity contribution in [2.24, 2.45) is 0 Å². The van der Waals surface area contributed by atoms with Gasteiger partial charge in [0.05, 0.1) is 5.69 Å². The van der Waals surface area contributed by atoms with Crippen molar-refractivity contribution in [2.75, 3.05) is 0 Å². The lowest BCUT2D eigenvalue weighted by Crippen LogP contribution is -2.23. The predicted molar refractivity (Wildman–Crippen MR) is 118 cm³/mol. The standard InChI is InChI=1S/C25H20FN3O3/c26-21-8-4-7-19(15-21)17-32-23-13-14-24(30)29(28-23)22-11-9-20(10-12-22)25(31)27-16-18-5-2-1-3-6-18/h1-15H,16-17H2,(H,27,31). The smallest absolute Gasteiger partial charge is 0.271 e. The lowest BCUT2D eigenvalue weighted by atomic mass is 10.2. The third kappa shape index (κ3) is 5.26. The number of hydrogen-bond donors (Lipinski definition) is 1. The topological polar surface area (TPSA) is 73.2 Å². The summed E-state index contributed by atoms with van der Waals surface area (Å²) in [5, 5.41) is 7.08. The van der Waals surface area contributed by atoms with Gasteiger partial charge in [0, 0.05) is 24.2 Å². The van der Waals surface area contributed by atoms with Gasteiger partial charge < -0.3 is 10.1 Å². The minimum atomic E-state index is -0.350. The molecule has 6 nitrogen and oxygen atoms in total. The molecule has 0 fully saturated rings. The fraction of sp³-hybridized carbons (Fsp3) is 0.0800. The fourth-order valence-electron chi connectivity index (χ4n) is 3.07. The first-order valence-electron chi connectivity index (χ1n) is 9.99. The Balaban J connectivity index is 1.44. The van der Waals surface area contributed by atoms with E-state index in [2.05, 4.69) is 10.4 Å². The van der Waals surface area contributed by atoms with Crippen LogP contribution in [0.5, 0.6) is 5.88 Å². The number of hydrogen-bond acceptors (Lipinski definition) is 4. The van der Waals surface area contributed by atoms with E-state index in [1.807, 2.05) is 30.3 Å². The number of carbonyl (C=O) groups excluding carboxylic acids is 1. The number of halogens is 1. The Morgan fingerprint density at radius 2 is 1.66 bits per heavy atom. The number of carbonyl (C=O) groups is 1. The normalized spacial score (nSPS) is 10.5. The van der Waals surface area contributed by atoms with Crippen LogP contribution in [-0.2, 0) is 13.2 Å². The van der Waals surface area contributed by atoms with Gasteiger partial charge in [-0.25, -0.2) is 4.39 Å². The average Bonchev–Trinajstić information content (AvgIpc) is 2.83. The minimum Gasteiger partial charge on any atom is -0.472 e. The lowest BCUT2D eigenvalue weighted by molar-refractivity contribution is 0.0951.